The number of benzene rings is 2. The molecule has 0 unspecified atom stereocenters. The van der Waals surface area contributed by atoms with E-state index in [0.717, 1.165) is 6.42 Å². The van der Waals surface area contributed by atoms with Gasteiger partial charge in [-0.1, -0.05) is 93.6 Å². The van der Waals surface area contributed by atoms with E-state index in [2.05, 4.69) is 87.0 Å². The van der Waals surface area contributed by atoms with E-state index < -0.39 is 0 Å². The predicted molar refractivity (Wildman–Crippen MR) is 132 cm³/mol. The summed E-state index contributed by atoms with van der Waals surface area (Å²) in [7, 11) is 0. The number of hydrogen-bond acceptors (Lipinski definition) is 0. The van der Waals surface area contributed by atoms with E-state index in [1.807, 2.05) is 6.08 Å². The molecular weight excluding hydrogens is 484 g/mol. The van der Waals surface area contributed by atoms with Gasteiger partial charge >= 0.3 is 0 Å². The monoisotopic (exact) mass is 510 g/mol. The van der Waals surface area contributed by atoms with Crippen LogP contribution < -0.4 is 0 Å². The molecule has 0 radical (unpaired) electrons. The third-order valence-electron chi connectivity index (χ3n) is 6.25. The average molecular weight is 512 g/mol. The van der Waals surface area contributed by atoms with E-state index in [4.69, 9.17) is 0 Å². The van der Waals surface area contributed by atoms with E-state index in [1.54, 1.807) is 0 Å². The summed E-state index contributed by atoms with van der Waals surface area (Å²) in [5.74, 6) is 0.518. The lowest BCUT2D eigenvalue weighted by atomic mass is 9.91. The third kappa shape index (κ3) is 4.86. The highest BCUT2D eigenvalue weighted by atomic mass is 79.9. The fraction of sp³-hybridized carbons (Fsp3) is 0.333. The second kappa shape index (κ2) is 9.62. The lowest BCUT2D eigenvalue weighted by Gasteiger charge is -2.14. The molecule has 2 aliphatic rings. The molecule has 2 aromatic rings. The van der Waals surface area contributed by atoms with Crippen LogP contribution in [0, 0.1) is 0 Å². The van der Waals surface area contributed by atoms with Crippen LogP contribution in [0.25, 0.3) is 11.1 Å². The van der Waals surface area contributed by atoms with Gasteiger partial charge in [0.2, 0.25) is 0 Å². The molecule has 0 saturated heterocycles. The van der Waals surface area contributed by atoms with E-state index in [9.17, 15) is 0 Å². The van der Waals surface area contributed by atoms with Crippen molar-refractivity contribution in [3.8, 4) is 11.1 Å². The Balaban J connectivity index is 1.33. The third-order valence-corrected chi connectivity index (χ3v) is 7.24. The van der Waals surface area contributed by atoms with Gasteiger partial charge in [0, 0.05) is 14.9 Å². The highest BCUT2D eigenvalue weighted by molar-refractivity contribution is 9.10. The molecule has 0 aliphatic heterocycles. The van der Waals surface area contributed by atoms with Crippen molar-refractivity contribution in [2.75, 3.05) is 0 Å². The summed E-state index contributed by atoms with van der Waals surface area (Å²) in [6, 6.07) is 13.5. The van der Waals surface area contributed by atoms with Gasteiger partial charge in [-0.15, -0.1) is 0 Å². The molecule has 0 N–H and O–H groups in total. The van der Waals surface area contributed by atoms with Crippen LogP contribution in [0.15, 0.2) is 81.3 Å². The minimum absolute atomic E-state index is 0.518. The summed E-state index contributed by atoms with van der Waals surface area (Å²) < 4.78 is 2.36. The fourth-order valence-electron chi connectivity index (χ4n) is 4.56. The van der Waals surface area contributed by atoms with Crippen molar-refractivity contribution >= 4 is 31.9 Å². The van der Waals surface area contributed by atoms with Crippen LogP contribution in [0.4, 0.5) is 0 Å². The van der Waals surface area contributed by atoms with Crippen molar-refractivity contribution in [2.45, 2.75) is 57.3 Å². The Bertz CT molecular complexity index is 913. The van der Waals surface area contributed by atoms with Gasteiger partial charge < -0.3 is 0 Å². The summed E-state index contributed by atoms with van der Waals surface area (Å²) in [6.07, 6.45) is 16.7. The molecule has 2 heteroatoms. The summed E-state index contributed by atoms with van der Waals surface area (Å²) in [5, 5.41) is 0. The number of hydrogen-bond donors (Lipinski definition) is 0. The number of unbranched alkanes of at least 4 members (excludes halogenated alkanes) is 3. The van der Waals surface area contributed by atoms with E-state index in [0.29, 0.717) is 5.92 Å². The molecule has 0 nitrogen and oxygen atoms in total. The summed E-state index contributed by atoms with van der Waals surface area (Å²) in [4.78, 5) is 0. The molecular formula is C27H28Br2. The molecule has 0 amide bonds. The first-order valence-electron chi connectivity index (χ1n) is 10.8. The van der Waals surface area contributed by atoms with Gasteiger partial charge in [-0.2, -0.15) is 0 Å². The molecule has 2 aromatic carbocycles. The highest BCUT2D eigenvalue weighted by Gasteiger charge is 2.28. The van der Waals surface area contributed by atoms with Gasteiger partial charge in [0.15, 0.2) is 0 Å². The Morgan fingerprint density at radius 2 is 1.55 bits per heavy atom. The van der Waals surface area contributed by atoms with Crippen LogP contribution in [0.5, 0.6) is 0 Å². The van der Waals surface area contributed by atoms with Gasteiger partial charge in [0.05, 0.1) is 0 Å². The van der Waals surface area contributed by atoms with Crippen LogP contribution in [-0.2, 0) is 0 Å². The number of allylic oxidation sites excluding steroid dienone is 5. The first kappa shape index (κ1) is 20.9. The van der Waals surface area contributed by atoms with Crippen LogP contribution in [-0.4, -0.2) is 0 Å². The van der Waals surface area contributed by atoms with Crippen molar-refractivity contribution in [3.05, 3.63) is 92.4 Å². The molecule has 0 atom stereocenters. The molecule has 2 aliphatic carbocycles. The van der Waals surface area contributed by atoms with Crippen molar-refractivity contribution in [1.82, 2.24) is 0 Å². The summed E-state index contributed by atoms with van der Waals surface area (Å²) in [6.45, 7) is 3.99. The number of rotatable bonds is 9. The quantitative estimate of drug-likeness (QED) is 0.232. The van der Waals surface area contributed by atoms with Gasteiger partial charge in [-0.3, -0.25) is 0 Å². The lowest BCUT2D eigenvalue weighted by molar-refractivity contribution is 0.589. The number of fused-ring (bicyclic) bond motifs is 3. The molecule has 0 heterocycles. The minimum Gasteiger partial charge on any atom is -0.0988 e. The second-order valence-corrected chi connectivity index (χ2v) is 10.0. The average Bonchev–Trinajstić information content (AvgIpc) is 2.97. The maximum Gasteiger partial charge on any atom is 0.0178 e. The zero-order chi connectivity index (χ0) is 20.2. The zero-order valence-electron chi connectivity index (χ0n) is 16.9. The first-order valence-corrected chi connectivity index (χ1v) is 12.4. The lowest BCUT2D eigenvalue weighted by Crippen LogP contribution is -1.97. The first-order chi connectivity index (χ1) is 14.2. The van der Waals surface area contributed by atoms with E-state index >= 15 is 0 Å². The molecule has 0 saturated carbocycles. The summed E-state index contributed by atoms with van der Waals surface area (Å²) >= 11 is 7.35. The maximum absolute atomic E-state index is 3.99. The van der Waals surface area contributed by atoms with Crippen LogP contribution in [0.2, 0.25) is 0 Å². The fourth-order valence-corrected chi connectivity index (χ4v) is 5.31. The number of halogens is 2. The van der Waals surface area contributed by atoms with Crippen LogP contribution in [0.3, 0.4) is 0 Å². The Labute approximate surface area is 192 Å². The second-order valence-electron chi connectivity index (χ2n) is 8.21. The van der Waals surface area contributed by atoms with Gasteiger partial charge in [-0.25, -0.2) is 0 Å². The van der Waals surface area contributed by atoms with Gasteiger partial charge in [0.1, 0.15) is 0 Å². The molecule has 150 valence electrons. The van der Waals surface area contributed by atoms with Crippen molar-refractivity contribution in [2.24, 2.45) is 0 Å². The van der Waals surface area contributed by atoms with Crippen molar-refractivity contribution < 1.29 is 0 Å². The molecule has 0 spiro atoms. The van der Waals surface area contributed by atoms with E-state index in [-0.39, 0.29) is 0 Å². The normalized spacial score (nSPS) is 15.5. The van der Waals surface area contributed by atoms with Crippen LogP contribution >= 0.6 is 31.9 Å². The van der Waals surface area contributed by atoms with Gasteiger partial charge in [-0.05, 0) is 84.2 Å². The Hall–Kier alpha value is -1.38. The minimum atomic E-state index is 0.518. The molecule has 0 bridgehead atoms. The molecule has 4 rings (SSSR count). The predicted octanol–water partition coefficient (Wildman–Crippen LogP) is 9.50. The smallest absolute Gasteiger partial charge is 0.0178 e. The van der Waals surface area contributed by atoms with Crippen molar-refractivity contribution in [3.63, 3.8) is 0 Å². The SMILES string of the molecule is C=C/C(=C\C1=CCC1)CCCCCCC1c2cc(Br)ccc2-c2ccc(Br)cc21. The summed E-state index contributed by atoms with van der Waals surface area (Å²) in [5.41, 5.74) is 8.69. The van der Waals surface area contributed by atoms with Gasteiger partial charge in [0.25, 0.3) is 0 Å². The Kier molecular flexibility index (Phi) is 6.92. The molecule has 29 heavy (non-hydrogen) atoms. The molecule has 0 aromatic heterocycles. The maximum atomic E-state index is 3.99. The standard InChI is InChI=1S/C27H28Br2/c1-2-19(16-20-9-7-10-20)8-5-3-4-6-11-23-26-17-21(28)12-14-24(26)25-15-13-22(29)18-27(23)25/h2,9,12-18,23H,1,3-8,10-11H2/b19-16+. The van der Waals surface area contributed by atoms with E-state index in [1.165, 1.54) is 87.3 Å². The largest absolute Gasteiger partial charge is 0.0988 e. The highest BCUT2D eigenvalue weighted by Crippen LogP contribution is 2.48. The topological polar surface area (TPSA) is 0 Å². The Morgan fingerprint density at radius 3 is 2.10 bits per heavy atom. The van der Waals surface area contributed by atoms with Crippen molar-refractivity contribution in [1.29, 1.82) is 0 Å². The molecule has 0 fully saturated rings. The Morgan fingerprint density at radius 1 is 0.931 bits per heavy atom. The van der Waals surface area contributed by atoms with Crippen LogP contribution in [0.1, 0.15) is 68.4 Å². The zero-order valence-corrected chi connectivity index (χ0v) is 20.1.